The van der Waals surface area contributed by atoms with Crippen LogP contribution in [0.2, 0.25) is 0 Å². The van der Waals surface area contributed by atoms with Gasteiger partial charge in [0.05, 0.1) is 0 Å². The highest BCUT2D eigenvalue weighted by Crippen LogP contribution is 2.21. The number of rotatable bonds is 5. The molecule has 8 heteroatoms. The predicted molar refractivity (Wildman–Crippen MR) is 98.2 cm³/mol. The summed E-state index contributed by atoms with van der Waals surface area (Å²) in [5.74, 6) is -0.00946. The minimum atomic E-state index is -0.290. The van der Waals surface area contributed by atoms with Crippen LogP contribution in [0.5, 0.6) is 0 Å². The van der Waals surface area contributed by atoms with Crippen molar-refractivity contribution in [2.45, 2.75) is 19.0 Å². The van der Waals surface area contributed by atoms with Gasteiger partial charge in [0.2, 0.25) is 0 Å². The zero-order chi connectivity index (χ0) is 19.1. The molecule has 1 aromatic carbocycles. The lowest BCUT2D eigenvalue weighted by Crippen LogP contribution is -2.56. The highest BCUT2D eigenvalue weighted by atomic mass is 19.1. The molecule has 1 saturated heterocycles. The van der Waals surface area contributed by atoms with Crippen molar-refractivity contribution in [2.24, 2.45) is 5.92 Å². The largest absolute Gasteiger partial charge is 0.341 e. The fourth-order valence-corrected chi connectivity index (χ4v) is 3.19. The van der Waals surface area contributed by atoms with Gasteiger partial charge in [-0.05, 0) is 44.1 Å². The smallest absolute Gasteiger partial charge is 0.317 e. The fourth-order valence-electron chi connectivity index (χ4n) is 3.19. The van der Waals surface area contributed by atoms with Crippen molar-refractivity contribution in [3.8, 4) is 0 Å². The monoisotopic (exact) mass is 365 g/mol. The first-order chi connectivity index (χ1) is 12.4. The average molecular weight is 365 g/mol. The number of carbonyl (C=O) groups excluding carboxylic acids is 2. The molecule has 0 radical (unpaired) electrons. The lowest BCUT2D eigenvalue weighted by molar-refractivity contribution is 0.0966. The standard InChI is InChI=1S/C18H28FN5O2/c1-20-17(25)21-11-14-8-9-24(12-16(14)23(2)3)18(26)22-10-13-4-6-15(19)7-5-13/h4-7,14,16H,8-12H2,1-3H3,(H,22,26)(H2,20,21,25)/t14-,16-/m1/s1. The molecule has 1 aliphatic heterocycles. The summed E-state index contributed by atoms with van der Waals surface area (Å²) >= 11 is 0. The SMILES string of the molecule is CNC(=O)NC[C@H]1CCN(C(=O)NCc2ccc(F)cc2)C[C@H]1N(C)C. The minimum absolute atomic E-state index is 0.126. The van der Waals surface area contributed by atoms with Crippen LogP contribution < -0.4 is 16.0 Å². The molecule has 0 saturated carbocycles. The van der Waals surface area contributed by atoms with E-state index in [4.69, 9.17) is 0 Å². The molecule has 0 aliphatic carbocycles. The van der Waals surface area contributed by atoms with Crippen LogP contribution >= 0.6 is 0 Å². The van der Waals surface area contributed by atoms with Gasteiger partial charge in [-0.3, -0.25) is 0 Å². The Morgan fingerprint density at radius 2 is 1.92 bits per heavy atom. The lowest BCUT2D eigenvalue weighted by Gasteiger charge is -2.41. The number of hydrogen-bond acceptors (Lipinski definition) is 3. The Bertz CT molecular complexity index is 608. The van der Waals surface area contributed by atoms with Crippen LogP contribution in [-0.4, -0.2) is 68.7 Å². The third-order valence-corrected chi connectivity index (χ3v) is 4.78. The second kappa shape index (κ2) is 9.38. The molecule has 1 aliphatic rings. The molecule has 7 nitrogen and oxygen atoms in total. The van der Waals surface area contributed by atoms with Gasteiger partial charge in [-0.25, -0.2) is 14.0 Å². The summed E-state index contributed by atoms with van der Waals surface area (Å²) in [7, 11) is 5.56. The molecule has 0 aromatic heterocycles. The zero-order valence-electron chi connectivity index (χ0n) is 15.6. The van der Waals surface area contributed by atoms with Crippen molar-refractivity contribution in [1.29, 1.82) is 0 Å². The van der Waals surface area contributed by atoms with E-state index in [1.54, 1.807) is 24.1 Å². The molecule has 4 amide bonds. The van der Waals surface area contributed by atoms with Crippen LogP contribution in [-0.2, 0) is 6.54 Å². The Morgan fingerprint density at radius 1 is 1.23 bits per heavy atom. The third kappa shape index (κ3) is 5.59. The van der Waals surface area contributed by atoms with E-state index in [1.165, 1.54) is 12.1 Å². The number of urea groups is 2. The van der Waals surface area contributed by atoms with Gasteiger partial charge in [-0.15, -0.1) is 0 Å². The summed E-state index contributed by atoms with van der Waals surface area (Å²) in [6, 6.07) is 5.94. The van der Waals surface area contributed by atoms with Gasteiger partial charge in [0.15, 0.2) is 0 Å². The summed E-state index contributed by atoms with van der Waals surface area (Å²) in [5.41, 5.74) is 0.855. The number of piperidine rings is 1. The molecular weight excluding hydrogens is 337 g/mol. The number of likely N-dealkylation sites (N-methyl/N-ethyl adjacent to an activating group) is 1. The highest BCUT2D eigenvalue weighted by molar-refractivity contribution is 5.74. The van der Waals surface area contributed by atoms with Gasteiger partial charge in [0.25, 0.3) is 0 Å². The maximum atomic E-state index is 12.9. The van der Waals surface area contributed by atoms with E-state index < -0.39 is 0 Å². The predicted octanol–water partition coefficient (Wildman–Crippen LogP) is 1.22. The van der Waals surface area contributed by atoms with Crippen LogP contribution in [0.1, 0.15) is 12.0 Å². The van der Waals surface area contributed by atoms with Crippen molar-refractivity contribution in [3.05, 3.63) is 35.6 Å². The number of nitrogens with one attached hydrogen (secondary N) is 3. The third-order valence-electron chi connectivity index (χ3n) is 4.78. The van der Waals surface area contributed by atoms with Crippen molar-refractivity contribution >= 4 is 12.1 Å². The van der Waals surface area contributed by atoms with E-state index >= 15 is 0 Å². The van der Waals surface area contributed by atoms with Gasteiger partial charge >= 0.3 is 12.1 Å². The number of nitrogens with zero attached hydrogens (tertiary/aromatic N) is 2. The number of benzene rings is 1. The lowest BCUT2D eigenvalue weighted by atomic mass is 9.90. The summed E-state index contributed by atoms with van der Waals surface area (Å²) in [6.45, 7) is 2.18. The van der Waals surface area contributed by atoms with Crippen molar-refractivity contribution in [1.82, 2.24) is 25.8 Å². The maximum Gasteiger partial charge on any atom is 0.317 e. The first kappa shape index (κ1) is 20.0. The molecule has 3 N–H and O–H groups in total. The van der Waals surface area contributed by atoms with Gasteiger partial charge in [0, 0.05) is 39.3 Å². The number of amides is 4. The Labute approximate surface area is 153 Å². The summed E-state index contributed by atoms with van der Waals surface area (Å²) in [4.78, 5) is 27.8. The van der Waals surface area contributed by atoms with Crippen molar-refractivity contribution < 1.29 is 14.0 Å². The average Bonchev–Trinajstić information content (AvgIpc) is 2.65. The van der Waals surface area contributed by atoms with E-state index in [2.05, 4.69) is 20.9 Å². The zero-order valence-corrected chi connectivity index (χ0v) is 15.6. The van der Waals surface area contributed by atoms with Gasteiger partial charge in [-0.2, -0.15) is 0 Å². The Kier molecular flexibility index (Phi) is 7.20. The van der Waals surface area contributed by atoms with E-state index in [1.807, 2.05) is 14.1 Å². The normalized spacial score (nSPS) is 20.0. The topological polar surface area (TPSA) is 76.7 Å². The fraction of sp³-hybridized carbons (Fsp3) is 0.556. The highest BCUT2D eigenvalue weighted by Gasteiger charge is 2.32. The molecule has 0 bridgehead atoms. The van der Waals surface area contributed by atoms with Crippen LogP contribution in [0.15, 0.2) is 24.3 Å². The number of halogens is 1. The number of likely N-dealkylation sites (tertiary alicyclic amines) is 1. The van der Waals surface area contributed by atoms with Gasteiger partial charge < -0.3 is 25.8 Å². The first-order valence-electron chi connectivity index (χ1n) is 8.80. The summed E-state index contributed by atoms with van der Waals surface area (Å²) < 4.78 is 12.9. The van der Waals surface area contributed by atoms with Gasteiger partial charge in [0.1, 0.15) is 5.82 Å². The summed E-state index contributed by atoms with van der Waals surface area (Å²) in [6.07, 6.45) is 0.816. The number of carbonyl (C=O) groups is 2. The minimum Gasteiger partial charge on any atom is -0.341 e. The van der Waals surface area contributed by atoms with E-state index in [0.717, 1.165) is 12.0 Å². The van der Waals surface area contributed by atoms with Crippen LogP contribution in [0.3, 0.4) is 0 Å². The van der Waals surface area contributed by atoms with E-state index in [-0.39, 0.29) is 29.8 Å². The Hall–Kier alpha value is -2.35. The van der Waals surface area contributed by atoms with Crippen LogP contribution in [0.25, 0.3) is 0 Å². The van der Waals surface area contributed by atoms with Crippen molar-refractivity contribution in [3.63, 3.8) is 0 Å². The molecule has 1 fully saturated rings. The molecular formula is C18H28FN5O2. The molecule has 1 heterocycles. The van der Waals surface area contributed by atoms with E-state index in [0.29, 0.717) is 26.2 Å². The van der Waals surface area contributed by atoms with Crippen LogP contribution in [0.4, 0.5) is 14.0 Å². The Balaban J connectivity index is 1.87. The summed E-state index contributed by atoms with van der Waals surface area (Å²) in [5, 5.41) is 8.29. The van der Waals surface area contributed by atoms with E-state index in [9.17, 15) is 14.0 Å². The molecule has 0 unspecified atom stereocenters. The van der Waals surface area contributed by atoms with Gasteiger partial charge in [-0.1, -0.05) is 12.1 Å². The molecule has 144 valence electrons. The van der Waals surface area contributed by atoms with Crippen LogP contribution in [0, 0.1) is 11.7 Å². The first-order valence-corrected chi connectivity index (χ1v) is 8.80. The molecule has 0 spiro atoms. The Morgan fingerprint density at radius 3 is 2.54 bits per heavy atom. The number of hydrogen-bond donors (Lipinski definition) is 3. The maximum absolute atomic E-state index is 12.9. The molecule has 1 aromatic rings. The van der Waals surface area contributed by atoms with Crippen molar-refractivity contribution in [2.75, 3.05) is 40.8 Å². The molecule has 2 rings (SSSR count). The quantitative estimate of drug-likeness (QED) is 0.734. The second-order valence-corrected chi connectivity index (χ2v) is 6.77. The molecule has 2 atom stereocenters. The molecule has 26 heavy (non-hydrogen) atoms. The second-order valence-electron chi connectivity index (χ2n) is 6.77.